The first-order valence-corrected chi connectivity index (χ1v) is 8.26. The Balaban J connectivity index is 1.73. The summed E-state index contributed by atoms with van der Waals surface area (Å²) in [4.78, 5) is 15.4. The van der Waals surface area contributed by atoms with Crippen LogP contribution in [0.5, 0.6) is 0 Å². The van der Waals surface area contributed by atoms with Crippen LogP contribution in [-0.4, -0.2) is 22.9 Å². The minimum Gasteiger partial charge on any atom is -0.325 e. The summed E-state index contributed by atoms with van der Waals surface area (Å²) >= 11 is 0. The van der Waals surface area contributed by atoms with E-state index in [1.165, 1.54) is 5.56 Å². The third kappa shape index (κ3) is 1.89. The predicted molar refractivity (Wildman–Crippen MR) is 92.3 cm³/mol. The van der Waals surface area contributed by atoms with Crippen LogP contribution in [0.15, 0.2) is 54.6 Å². The van der Waals surface area contributed by atoms with Gasteiger partial charge in [-0.25, -0.2) is 0 Å². The average molecular weight is 306 g/mol. The Morgan fingerprint density at radius 3 is 2.52 bits per heavy atom. The van der Waals surface area contributed by atoms with Gasteiger partial charge in [-0.1, -0.05) is 48.5 Å². The number of nitrogens with one attached hydrogen (secondary N) is 1. The number of carbonyl (C=O) groups is 1. The summed E-state index contributed by atoms with van der Waals surface area (Å²) < 4.78 is 0. The van der Waals surface area contributed by atoms with Gasteiger partial charge in [-0.2, -0.15) is 0 Å². The molecule has 2 aromatic rings. The standard InChI is InChI=1S/C20H22N2O/c1-19(2)20(16-10-6-7-11-17(16)21-18(20)23)12-13-22(19)14-15-8-4-3-5-9-15/h3-11H,12-14H2,1-2H3,(H,21,23). The molecule has 1 saturated heterocycles. The molecule has 1 N–H and O–H groups in total. The van der Waals surface area contributed by atoms with Gasteiger partial charge in [0.05, 0.1) is 5.41 Å². The van der Waals surface area contributed by atoms with E-state index in [9.17, 15) is 4.79 Å². The molecule has 3 nitrogen and oxygen atoms in total. The van der Waals surface area contributed by atoms with Crippen LogP contribution in [0, 0.1) is 0 Å². The fourth-order valence-electron chi connectivity index (χ4n) is 4.41. The van der Waals surface area contributed by atoms with Gasteiger partial charge in [0.2, 0.25) is 5.91 Å². The number of anilines is 1. The second kappa shape index (κ2) is 4.93. The number of rotatable bonds is 2. The Morgan fingerprint density at radius 2 is 1.74 bits per heavy atom. The van der Waals surface area contributed by atoms with Crippen molar-refractivity contribution in [3.8, 4) is 0 Å². The van der Waals surface area contributed by atoms with Crippen molar-refractivity contribution in [3.05, 3.63) is 65.7 Å². The molecule has 1 unspecified atom stereocenters. The number of hydrogen-bond donors (Lipinski definition) is 1. The Bertz CT molecular complexity index is 753. The number of nitrogens with zero attached hydrogens (tertiary/aromatic N) is 1. The molecule has 3 heteroatoms. The van der Waals surface area contributed by atoms with Crippen molar-refractivity contribution in [2.45, 2.75) is 37.8 Å². The van der Waals surface area contributed by atoms with Crippen LogP contribution in [0.4, 0.5) is 5.69 Å². The molecule has 0 aromatic heterocycles. The zero-order valence-corrected chi connectivity index (χ0v) is 13.7. The van der Waals surface area contributed by atoms with Crippen molar-refractivity contribution in [2.24, 2.45) is 0 Å². The Kier molecular flexibility index (Phi) is 3.10. The molecule has 0 saturated carbocycles. The van der Waals surface area contributed by atoms with E-state index in [0.717, 1.165) is 30.8 Å². The number of likely N-dealkylation sites (tertiary alicyclic amines) is 1. The summed E-state index contributed by atoms with van der Waals surface area (Å²) in [5.74, 6) is 0.152. The molecular formula is C20H22N2O. The molecule has 2 heterocycles. The van der Waals surface area contributed by atoms with E-state index in [1.807, 2.05) is 24.3 Å². The van der Waals surface area contributed by atoms with Gasteiger partial charge >= 0.3 is 0 Å². The van der Waals surface area contributed by atoms with E-state index in [4.69, 9.17) is 0 Å². The molecule has 1 spiro atoms. The first-order chi connectivity index (χ1) is 11.1. The fraction of sp³-hybridized carbons (Fsp3) is 0.350. The first-order valence-electron chi connectivity index (χ1n) is 8.26. The molecule has 2 aromatic carbocycles. The van der Waals surface area contributed by atoms with Crippen LogP contribution < -0.4 is 5.32 Å². The summed E-state index contributed by atoms with van der Waals surface area (Å²) in [6.07, 6.45) is 0.871. The van der Waals surface area contributed by atoms with Crippen LogP contribution in [0.25, 0.3) is 0 Å². The fourth-order valence-corrected chi connectivity index (χ4v) is 4.41. The number of carbonyl (C=O) groups excluding carboxylic acids is 1. The Morgan fingerprint density at radius 1 is 1.04 bits per heavy atom. The van der Waals surface area contributed by atoms with Crippen molar-refractivity contribution in [3.63, 3.8) is 0 Å². The largest absolute Gasteiger partial charge is 0.325 e. The summed E-state index contributed by atoms with van der Waals surface area (Å²) in [6.45, 7) is 6.24. The minimum atomic E-state index is -0.446. The number of hydrogen-bond acceptors (Lipinski definition) is 2. The number of amides is 1. The lowest BCUT2D eigenvalue weighted by Crippen LogP contribution is -2.54. The molecule has 1 atom stereocenters. The third-order valence-corrected chi connectivity index (χ3v) is 5.83. The van der Waals surface area contributed by atoms with Crippen molar-refractivity contribution in [1.82, 2.24) is 4.90 Å². The van der Waals surface area contributed by atoms with Gasteiger partial charge in [-0.05, 0) is 37.5 Å². The molecular weight excluding hydrogens is 284 g/mol. The smallest absolute Gasteiger partial charge is 0.237 e. The van der Waals surface area contributed by atoms with Crippen LogP contribution in [0.1, 0.15) is 31.4 Å². The summed E-state index contributed by atoms with van der Waals surface area (Å²) in [5, 5.41) is 3.10. The van der Waals surface area contributed by atoms with Gasteiger partial charge in [-0.15, -0.1) is 0 Å². The van der Waals surface area contributed by atoms with Gasteiger partial charge in [0.1, 0.15) is 0 Å². The molecule has 118 valence electrons. The number of benzene rings is 2. The molecule has 4 rings (SSSR count). The third-order valence-electron chi connectivity index (χ3n) is 5.83. The maximum Gasteiger partial charge on any atom is 0.237 e. The zero-order chi connectivity index (χ0) is 16.1. The molecule has 1 amide bonds. The normalized spacial score (nSPS) is 25.6. The predicted octanol–water partition coefficient (Wildman–Crippen LogP) is 3.56. The van der Waals surface area contributed by atoms with Crippen molar-refractivity contribution in [2.75, 3.05) is 11.9 Å². The second-order valence-electron chi connectivity index (χ2n) is 7.12. The first kappa shape index (κ1) is 14.5. The van der Waals surface area contributed by atoms with Crippen LogP contribution in [0.3, 0.4) is 0 Å². The molecule has 1 fully saturated rings. The van der Waals surface area contributed by atoms with Gasteiger partial charge in [0.25, 0.3) is 0 Å². The molecule has 0 bridgehead atoms. The lowest BCUT2D eigenvalue weighted by Gasteiger charge is -2.41. The second-order valence-corrected chi connectivity index (χ2v) is 7.12. The maximum atomic E-state index is 12.9. The number of fused-ring (bicyclic) bond motifs is 2. The van der Waals surface area contributed by atoms with E-state index in [1.54, 1.807) is 0 Å². The van der Waals surface area contributed by atoms with Gasteiger partial charge in [-0.3, -0.25) is 9.69 Å². The monoisotopic (exact) mass is 306 g/mol. The SMILES string of the molecule is CC1(C)N(Cc2ccccc2)CCC12C(=O)Nc1ccccc12. The number of para-hydroxylation sites is 1. The molecule has 2 aliphatic heterocycles. The molecule has 2 aliphatic rings. The maximum absolute atomic E-state index is 12.9. The molecule has 23 heavy (non-hydrogen) atoms. The van der Waals surface area contributed by atoms with E-state index in [0.29, 0.717) is 0 Å². The summed E-state index contributed by atoms with van der Waals surface area (Å²) in [7, 11) is 0. The lowest BCUT2D eigenvalue weighted by atomic mass is 9.68. The van der Waals surface area contributed by atoms with Gasteiger partial charge in [0, 0.05) is 24.3 Å². The summed E-state index contributed by atoms with van der Waals surface area (Å²) in [6, 6.07) is 18.7. The quantitative estimate of drug-likeness (QED) is 0.920. The highest BCUT2D eigenvalue weighted by atomic mass is 16.2. The highest BCUT2D eigenvalue weighted by Gasteiger charge is 2.62. The highest BCUT2D eigenvalue weighted by molar-refractivity contribution is 6.07. The van der Waals surface area contributed by atoms with Crippen LogP contribution in [-0.2, 0) is 16.8 Å². The Labute approximate surface area is 137 Å². The highest BCUT2D eigenvalue weighted by Crippen LogP contribution is 2.53. The molecule has 0 radical (unpaired) electrons. The van der Waals surface area contributed by atoms with Gasteiger partial charge in [0.15, 0.2) is 0 Å². The Hall–Kier alpha value is -2.13. The topological polar surface area (TPSA) is 32.3 Å². The van der Waals surface area contributed by atoms with E-state index < -0.39 is 5.41 Å². The van der Waals surface area contributed by atoms with Crippen LogP contribution in [0.2, 0.25) is 0 Å². The van der Waals surface area contributed by atoms with Crippen molar-refractivity contribution in [1.29, 1.82) is 0 Å². The van der Waals surface area contributed by atoms with Crippen LogP contribution >= 0.6 is 0 Å². The lowest BCUT2D eigenvalue weighted by molar-refractivity contribution is -0.123. The minimum absolute atomic E-state index is 0.152. The van der Waals surface area contributed by atoms with Gasteiger partial charge < -0.3 is 5.32 Å². The zero-order valence-electron chi connectivity index (χ0n) is 13.7. The van der Waals surface area contributed by atoms with Crippen molar-refractivity contribution < 1.29 is 4.79 Å². The van der Waals surface area contributed by atoms with Crippen molar-refractivity contribution >= 4 is 11.6 Å². The van der Waals surface area contributed by atoms with E-state index >= 15 is 0 Å². The molecule has 0 aliphatic carbocycles. The van der Waals surface area contributed by atoms with E-state index in [2.05, 4.69) is 54.4 Å². The summed E-state index contributed by atoms with van der Waals surface area (Å²) in [5.41, 5.74) is 2.76. The average Bonchev–Trinajstić information content (AvgIpc) is 2.98. The van der Waals surface area contributed by atoms with E-state index in [-0.39, 0.29) is 11.4 Å².